The Hall–Kier alpha value is -3.13. The van der Waals surface area contributed by atoms with Gasteiger partial charge in [-0.25, -0.2) is 9.37 Å². The smallest absolute Gasteiger partial charge is 0.261 e. The Bertz CT molecular complexity index is 1130. The highest BCUT2D eigenvalue weighted by atomic mass is 35.5. The molecule has 174 valence electrons. The number of carbonyl (C=O) groups is 2. The van der Waals surface area contributed by atoms with E-state index in [-0.39, 0.29) is 57.9 Å². The maximum atomic E-state index is 14.6. The predicted octanol–water partition coefficient (Wildman–Crippen LogP) is 3.98. The molecule has 1 aromatic carbocycles. The number of pyridine rings is 1. The van der Waals surface area contributed by atoms with Gasteiger partial charge >= 0.3 is 0 Å². The summed E-state index contributed by atoms with van der Waals surface area (Å²) in [5.74, 6) is -0.530. The van der Waals surface area contributed by atoms with E-state index < -0.39 is 11.4 Å². The number of nitrogens with zero attached hydrogens (tertiary/aromatic N) is 3. The standard InChI is InChI=1S/C24H26ClFN4O3/c1-5-17(31)29-10-11-30-14(12-29)13-33-21-18(23(30)32)22(28-24(2,3)4)27-20(19(21)25)15-8-6-7-9-16(15)26/h5-9,14H,1,10-13H2,2-4H3,(H,27,28)/t14-/m1/s1. The summed E-state index contributed by atoms with van der Waals surface area (Å²) < 4.78 is 20.7. The van der Waals surface area contributed by atoms with Crippen LogP contribution in [0.1, 0.15) is 31.1 Å². The summed E-state index contributed by atoms with van der Waals surface area (Å²) in [7, 11) is 0. The number of hydrogen-bond donors (Lipinski definition) is 1. The Morgan fingerprint density at radius 1 is 1.33 bits per heavy atom. The molecule has 2 aliphatic rings. The van der Waals surface area contributed by atoms with Gasteiger partial charge < -0.3 is 19.9 Å². The third-order valence-corrected chi connectivity index (χ3v) is 5.93. The number of fused-ring (bicyclic) bond motifs is 2. The van der Waals surface area contributed by atoms with Crippen molar-refractivity contribution in [2.75, 3.05) is 31.6 Å². The first-order valence-corrected chi connectivity index (χ1v) is 11.1. The van der Waals surface area contributed by atoms with Gasteiger partial charge in [-0.15, -0.1) is 0 Å². The van der Waals surface area contributed by atoms with Gasteiger partial charge in [-0.2, -0.15) is 0 Å². The van der Waals surface area contributed by atoms with Gasteiger partial charge in [0.05, 0.1) is 11.7 Å². The number of ether oxygens (including phenoxy) is 1. The Balaban J connectivity index is 1.84. The lowest BCUT2D eigenvalue weighted by atomic mass is 10.0. The van der Waals surface area contributed by atoms with Gasteiger partial charge in [0, 0.05) is 30.7 Å². The van der Waals surface area contributed by atoms with E-state index in [0.717, 1.165) is 0 Å². The summed E-state index contributed by atoms with van der Waals surface area (Å²) >= 11 is 6.68. The Labute approximate surface area is 197 Å². The highest BCUT2D eigenvalue weighted by Crippen LogP contribution is 2.43. The first kappa shape index (κ1) is 23.0. The molecule has 1 aromatic heterocycles. The van der Waals surface area contributed by atoms with Gasteiger partial charge in [-0.05, 0) is 39.0 Å². The van der Waals surface area contributed by atoms with E-state index >= 15 is 0 Å². The highest BCUT2D eigenvalue weighted by Gasteiger charge is 2.40. The quantitative estimate of drug-likeness (QED) is 0.684. The zero-order valence-electron chi connectivity index (χ0n) is 18.8. The molecule has 7 nitrogen and oxygen atoms in total. The van der Waals surface area contributed by atoms with Crippen LogP contribution in [-0.4, -0.2) is 64.4 Å². The van der Waals surface area contributed by atoms with Crippen LogP contribution in [0.2, 0.25) is 5.02 Å². The van der Waals surface area contributed by atoms with E-state index in [4.69, 9.17) is 16.3 Å². The topological polar surface area (TPSA) is 74.8 Å². The number of carbonyl (C=O) groups excluding carboxylic acids is 2. The number of halogens is 2. The molecule has 9 heteroatoms. The van der Waals surface area contributed by atoms with Crippen molar-refractivity contribution in [3.05, 3.63) is 53.3 Å². The average molecular weight is 473 g/mol. The lowest BCUT2D eigenvalue weighted by Crippen LogP contribution is -2.57. The summed E-state index contributed by atoms with van der Waals surface area (Å²) in [6.07, 6.45) is 1.26. The number of piperazine rings is 1. The third-order valence-electron chi connectivity index (χ3n) is 5.58. The molecular weight excluding hydrogens is 447 g/mol. The molecule has 0 unspecified atom stereocenters. The third kappa shape index (κ3) is 4.39. The van der Waals surface area contributed by atoms with Crippen LogP contribution in [0.4, 0.5) is 10.2 Å². The van der Waals surface area contributed by atoms with Crippen molar-refractivity contribution >= 4 is 29.2 Å². The fourth-order valence-electron chi connectivity index (χ4n) is 4.07. The SMILES string of the molecule is C=CC(=O)N1CCN2C(=O)c3c(NC(C)(C)C)nc(-c4ccccc4F)c(Cl)c3OC[C@H]2C1. The number of aromatic nitrogens is 1. The summed E-state index contributed by atoms with van der Waals surface area (Å²) in [6, 6.07) is 5.82. The number of hydrogen-bond acceptors (Lipinski definition) is 5. The van der Waals surface area contributed by atoms with Crippen LogP contribution in [0.25, 0.3) is 11.3 Å². The van der Waals surface area contributed by atoms with Gasteiger partial charge in [0.2, 0.25) is 5.91 Å². The van der Waals surface area contributed by atoms with Gasteiger partial charge in [0.15, 0.2) is 5.75 Å². The van der Waals surface area contributed by atoms with Gasteiger partial charge in [-0.1, -0.05) is 30.3 Å². The zero-order valence-corrected chi connectivity index (χ0v) is 19.6. The first-order chi connectivity index (χ1) is 15.6. The highest BCUT2D eigenvalue weighted by molar-refractivity contribution is 6.35. The number of nitrogens with one attached hydrogen (secondary N) is 1. The maximum absolute atomic E-state index is 14.6. The monoisotopic (exact) mass is 472 g/mol. The summed E-state index contributed by atoms with van der Waals surface area (Å²) in [5.41, 5.74) is 0.169. The van der Waals surface area contributed by atoms with Crippen LogP contribution in [0.15, 0.2) is 36.9 Å². The zero-order chi connectivity index (χ0) is 23.9. The molecule has 33 heavy (non-hydrogen) atoms. The van der Waals surface area contributed by atoms with Crippen LogP contribution >= 0.6 is 11.6 Å². The average Bonchev–Trinajstić information content (AvgIpc) is 2.91. The molecule has 1 fully saturated rings. The fraction of sp³-hybridized carbons (Fsp3) is 0.375. The minimum absolute atomic E-state index is 0.0711. The molecule has 0 bridgehead atoms. The van der Waals surface area contributed by atoms with E-state index in [9.17, 15) is 14.0 Å². The molecule has 1 atom stereocenters. The Morgan fingerprint density at radius 2 is 2.06 bits per heavy atom. The van der Waals surface area contributed by atoms with Gasteiger partial charge in [0.25, 0.3) is 5.91 Å². The maximum Gasteiger partial charge on any atom is 0.261 e. The van der Waals surface area contributed by atoms with Crippen molar-refractivity contribution in [2.45, 2.75) is 32.4 Å². The molecule has 1 N–H and O–H groups in total. The van der Waals surface area contributed by atoms with Crippen molar-refractivity contribution in [3.63, 3.8) is 0 Å². The van der Waals surface area contributed by atoms with Crippen LogP contribution in [0.5, 0.6) is 5.75 Å². The van der Waals surface area contributed by atoms with Crippen molar-refractivity contribution in [2.24, 2.45) is 0 Å². The minimum Gasteiger partial charge on any atom is -0.489 e. The lowest BCUT2D eigenvalue weighted by Gasteiger charge is -2.39. The van der Waals surface area contributed by atoms with E-state index in [1.165, 1.54) is 12.1 Å². The van der Waals surface area contributed by atoms with Crippen molar-refractivity contribution in [1.82, 2.24) is 14.8 Å². The van der Waals surface area contributed by atoms with Gasteiger partial charge in [-0.3, -0.25) is 9.59 Å². The van der Waals surface area contributed by atoms with Crippen molar-refractivity contribution < 1.29 is 18.7 Å². The predicted molar refractivity (Wildman–Crippen MR) is 125 cm³/mol. The fourth-order valence-corrected chi connectivity index (χ4v) is 4.36. The van der Waals surface area contributed by atoms with Crippen molar-refractivity contribution in [3.8, 4) is 17.0 Å². The summed E-state index contributed by atoms with van der Waals surface area (Å²) in [6.45, 7) is 10.5. The van der Waals surface area contributed by atoms with E-state index in [0.29, 0.717) is 19.6 Å². The molecule has 0 saturated carbocycles. The van der Waals surface area contributed by atoms with Crippen LogP contribution in [0, 0.1) is 5.82 Å². The first-order valence-electron chi connectivity index (χ1n) is 10.7. The van der Waals surface area contributed by atoms with Crippen LogP contribution < -0.4 is 10.1 Å². The number of anilines is 1. The van der Waals surface area contributed by atoms with E-state index in [1.807, 2.05) is 20.8 Å². The van der Waals surface area contributed by atoms with Crippen molar-refractivity contribution in [1.29, 1.82) is 0 Å². The summed E-state index contributed by atoms with van der Waals surface area (Å²) in [5, 5.41) is 3.33. The van der Waals surface area contributed by atoms with E-state index in [1.54, 1.807) is 28.0 Å². The van der Waals surface area contributed by atoms with Crippen LogP contribution in [-0.2, 0) is 4.79 Å². The minimum atomic E-state index is -0.482. The molecular formula is C24H26ClFN4O3. The molecule has 3 heterocycles. The summed E-state index contributed by atoms with van der Waals surface area (Å²) in [4.78, 5) is 33.7. The Kier molecular flexibility index (Phi) is 6.05. The van der Waals surface area contributed by atoms with E-state index in [2.05, 4.69) is 16.9 Å². The van der Waals surface area contributed by atoms with Crippen LogP contribution in [0.3, 0.4) is 0 Å². The Morgan fingerprint density at radius 3 is 2.73 bits per heavy atom. The molecule has 1 saturated heterocycles. The molecule has 2 aromatic rings. The number of rotatable bonds is 3. The normalized spacial score (nSPS) is 18.1. The molecule has 4 rings (SSSR count). The molecule has 2 aliphatic heterocycles. The lowest BCUT2D eigenvalue weighted by molar-refractivity contribution is -0.128. The molecule has 0 aliphatic carbocycles. The number of amides is 2. The molecule has 0 spiro atoms. The largest absolute Gasteiger partial charge is 0.489 e. The number of benzene rings is 1. The second kappa shape index (κ2) is 8.67. The molecule has 0 radical (unpaired) electrons. The second-order valence-electron chi connectivity index (χ2n) is 9.13. The second-order valence-corrected chi connectivity index (χ2v) is 9.51. The van der Waals surface area contributed by atoms with Gasteiger partial charge in [0.1, 0.15) is 28.8 Å². The molecule has 2 amide bonds.